The number of carbonyl (C=O) groups excluding carboxylic acids is 1. The van der Waals surface area contributed by atoms with E-state index in [9.17, 15) is 4.79 Å². The van der Waals surface area contributed by atoms with Crippen LogP contribution in [0.25, 0.3) is 0 Å². The molecule has 1 atom stereocenters. The van der Waals surface area contributed by atoms with E-state index < -0.39 is 11.0 Å². The van der Waals surface area contributed by atoms with Crippen LogP contribution in [-0.4, -0.2) is 18.6 Å². The van der Waals surface area contributed by atoms with Gasteiger partial charge in [-0.25, -0.2) is 0 Å². The normalized spacial score (nSPS) is 15.0. The summed E-state index contributed by atoms with van der Waals surface area (Å²) in [6, 6.07) is 7.41. The van der Waals surface area contributed by atoms with E-state index in [1.807, 2.05) is 32.9 Å². The highest BCUT2D eigenvalue weighted by atomic mass is 35.5. The predicted octanol–water partition coefficient (Wildman–Crippen LogP) is 2.90. The topological polar surface area (TPSA) is 52.3 Å². The van der Waals surface area contributed by atoms with Crippen molar-refractivity contribution in [3.05, 3.63) is 34.9 Å². The van der Waals surface area contributed by atoms with Crippen LogP contribution in [-0.2, 0) is 14.9 Å². The molecule has 0 aliphatic rings. The molecule has 0 aromatic heterocycles. The summed E-state index contributed by atoms with van der Waals surface area (Å²) in [5, 5.41) is 0.661. The molecular formula is C14H20ClNO2. The molecule has 0 heterocycles. The maximum Gasteiger partial charge on any atom is 0.306 e. The highest BCUT2D eigenvalue weighted by Gasteiger charge is 2.41. The average molecular weight is 270 g/mol. The Morgan fingerprint density at radius 1 is 1.28 bits per heavy atom. The Kier molecular flexibility index (Phi) is 4.41. The van der Waals surface area contributed by atoms with Crippen LogP contribution in [0.1, 0.15) is 32.8 Å². The number of rotatable bonds is 4. The first-order chi connectivity index (χ1) is 8.20. The first-order valence-corrected chi connectivity index (χ1v) is 6.20. The molecule has 0 fully saturated rings. The molecule has 0 amide bonds. The van der Waals surface area contributed by atoms with Gasteiger partial charge in [-0.05, 0) is 31.5 Å². The van der Waals surface area contributed by atoms with E-state index in [-0.39, 0.29) is 12.4 Å². The molecule has 0 radical (unpaired) electrons. The Morgan fingerprint density at radius 2 is 1.78 bits per heavy atom. The van der Waals surface area contributed by atoms with Crippen LogP contribution in [0.4, 0.5) is 0 Å². The summed E-state index contributed by atoms with van der Waals surface area (Å²) in [5.41, 5.74) is 6.15. The second kappa shape index (κ2) is 5.29. The van der Waals surface area contributed by atoms with Gasteiger partial charge in [0.2, 0.25) is 0 Å². The minimum atomic E-state index is -0.560. The van der Waals surface area contributed by atoms with Crippen LogP contribution >= 0.6 is 11.6 Å². The first-order valence-electron chi connectivity index (χ1n) is 5.82. The lowest BCUT2D eigenvalue weighted by Crippen LogP contribution is -2.53. The monoisotopic (exact) mass is 269 g/mol. The van der Waals surface area contributed by atoms with E-state index in [0.717, 1.165) is 5.56 Å². The quantitative estimate of drug-likeness (QED) is 0.855. The maximum absolute atomic E-state index is 11.6. The number of nitrogens with two attached hydrogens (primary N) is 1. The molecule has 0 aliphatic heterocycles. The van der Waals surface area contributed by atoms with Crippen molar-refractivity contribution in [2.75, 3.05) is 7.11 Å². The van der Waals surface area contributed by atoms with E-state index in [1.54, 1.807) is 12.1 Å². The van der Waals surface area contributed by atoms with Crippen molar-refractivity contribution < 1.29 is 9.53 Å². The zero-order valence-electron chi connectivity index (χ0n) is 11.3. The van der Waals surface area contributed by atoms with Crippen LogP contribution in [0.3, 0.4) is 0 Å². The zero-order valence-corrected chi connectivity index (χ0v) is 12.0. The molecular weight excluding hydrogens is 250 g/mol. The fourth-order valence-corrected chi connectivity index (χ4v) is 2.01. The van der Waals surface area contributed by atoms with Crippen LogP contribution < -0.4 is 5.73 Å². The average Bonchev–Trinajstić information content (AvgIpc) is 2.28. The Hall–Kier alpha value is -1.06. The Balaban J connectivity index is 3.20. The van der Waals surface area contributed by atoms with Gasteiger partial charge >= 0.3 is 5.97 Å². The molecule has 100 valence electrons. The van der Waals surface area contributed by atoms with Gasteiger partial charge in [0.25, 0.3) is 0 Å². The SMILES string of the molecule is COC(=O)CC(C)(c1ccc(Cl)cc1)C(C)(C)N. The second-order valence-corrected chi connectivity index (χ2v) is 5.75. The molecule has 0 saturated carbocycles. The third-order valence-electron chi connectivity index (χ3n) is 3.63. The summed E-state index contributed by atoms with van der Waals surface area (Å²) in [7, 11) is 1.38. The minimum Gasteiger partial charge on any atom is -0.469 e. The van der Waals surface area contributed by atoms with Crippen molar-refractivity contribution >= 4 is 17.6 Å². The van der Waals surface area contributed by atoms with Crippen LogP contribution in [0.2, 0.25) is 5.02 Å². The van der Waals surface area contributed by atoms with Crippen molar-refractivity contribution in [1.29, 1.82) is 0 Å². The van der Waals surface area contributed by atoms with Gasteiger partial charge in [-0.3, -0.25) is 4.79 Å². The minimum absolute atomic E-state index is 0.231. The number of halogens is 1. The molecule has 0 saturated heterocycles. The Bertz CT molecular complexity index is 422. The summed E-state index contributed by atoms with van der Waals surface area (Å²) >= 11 is 5.89. The summed E-state index contributed by atoms with van der Waals surface area (Å²) in [4.78, 5) is 11.6. The van der Waals surface area contributed by atoms with E-state index in [2.05, 4.69) is 0 Å². The summed E-state index contributed by atoms with van der Waals surface area (Å²) in [6.45, 7) is 5.78. The Morgan fingerprint density at radius 3 is 2.17 bits per heavy atom. The van der Waals surface area contributed by atoms with Gasteiger partial charge in [0, 0.05) is 16.0 Å². The first kappa shape index (κ1) is 15.0. The van der Waals surface area contributed by atoms with Crippen molar-refractivity contribution in [2.24, 2.45) is 5.73 Å². The lowest BCUT2D eigenvalue weighted by atomic mass is 9.66. The van der Waals surface area contributed by atoms with Gasteiger partial charge in [0.1, 0.15) is 0 Å². The Labute approximate surface area is 113 Å². The van der Waals surface area contributed by atoms with Crippen molar-refractivity contribution in [3.8, 4) is 0 Å². The number of carbonyl (C=O) groups is 1. The second-order valence-electron chi connectivity index (χ2n) is 5.31. The molecule has 4 heteroatoms. The van der Waals surface area contributed by atoms with E-state index >= 15 is 0 Å². The number of hydrogen-bond donors (Lipinski definition) is 1. The summed E-state index contributed by atoms with van der Waals surface area (Å²) in [5.74, 6) is -0.272. The van der Waals surface area contributed by atoms with Crippen LogP contribution in [0.15, 0.2) is 24.3 Å². The van der Waals surface area contributed by atoms with Crippen LogP contribution in [0.5, 0.6) is 0 Å². The fraction of sp³-hybridized carbons (Fsp3) is 0.500. The van der Waals surface area contributed by atoms with Gasteiger partial charge < -0.3 is 10.5 Å². The zero-order chi connectivity index (χ0) is 14.0. The van der Waals surface area contributed by atoms with Gasteiger partial charge in [0.15, 0.2) is 0 Å². The van der Waals surface area contributed by atoms with Gasteiger partial charge in [0.05, 0.1) is 13.5 Å². The maximum atomic E-state index is 11.6. The summed E-state index contributed by atoms with van der Waals surface area (Å²) in [6.07, 6.45) is 0.231. The number of esters is 1. The molecule has 3 nitrogen and oxygen atoms in total. The molecule has 1 aromatic rings. The third-order valence-corrected chi connectivity index (χ3v) is 3.88. The number of hydrogen-bond acceptors (Lipinski definition) is 3. The molecule has 2 N–H and O–H groups in total. The number of ether oxygens (including phenoxy) is 1. The molecule has 1 rings (SSSR count). The lowest BCUT2D eigenvalue weighted by Gasteiger charge is -2.41. The fourth-order valence-electron chi connectivity index (χ4n) is 1.88. The van der Waals surface area contributed by atoms with E-state index in [0.29, 0.717) is 5.02 Å². The largest absolute Gasteiger partial charge is 0.469 e. The molecule has 1 aromatic carbocycles. The highest BCUT2D eigenvalue weighted by molar-refractivity contribution is 6.30. The molecule has 18 heavy (non-hydrogen) atoms. The standard InChI is InChI=1S/C14H20ClNO2/c1-13(2,16)14(3,9-12(17)18-4)10-5-7-11(15)8-6-10/h5-8H,9,16H2,1-4H3. The summed E-state index contributed by atoms with van der Waals surface area (Å²) < 4.78 is 4.77. The predicted molar refractivity (Wildman–Crippen MR) is 73.7 cm³/mol. The van der Waals surface area contributed by atoms with Crippen molar-refractivity contribution in [2.45, 2.75) is 38.1 Å². The molecule has 0 spiro atoms. The van der Waals surface area contributed by atoms with Crippen molar-refractivity contribution in [1.82, 2.24) is 0 Å². The van der Waals surface area contributed by atoms with Gasteiger partial charge in [-0.15, -0.1) is 0 Å². The third kappa shape index (κ3) is 3.03. The number of methoxy groups -OCH3 is 1. The van der Waals surface area contributed by atoms with Gasteiger partial charge in [-0.2, -0.15) is 0 Å². The van der Waals surface area contributed by atoms with Crippen molar-refractivity contribution in [3.63, 3.8) is 0 Å². The molecule has 0 bridgehead atoms. The lowest BCUT2D eigenvalue weighted by molar-refractivity contribution is -0.142. The molecule has 0 aliphatic carbocycles. The number of benzene rings is 1. The van der Waals surface area contributed by atoms with Crippen LogP contribution in [0, 0.1) is 0 Å². The van der Waals surface area contributed by atoms with E-state index in [1.165, 1.54) is 7.11 Å². The molecule has 1 unspecified atom stereocenters. The van der Waals surface area contributed by atoms with E-state index in [4.69, 9.17) is 22.1 Å². The van der Waals surface area contributed by atoms with Gasteiger partial charge in [-0.1, -0.05) is 30.7 Å². The highest BCUT2D eigenvalue weighted by Crippen LogP contribution is 2.37. The smallest absolute Gasteiger partial charge is 0.306 e.